The van der Waals surface area contributed by atoms with Gasteiger partial charge in [-0.2, -0.15) is 5.10 Å². The lowest BCUT2D eigenvalue weighted by molar-refractivity contribution is -0.119. The van der Waals surface area contributed by atoms with Crippen LogP contribution in [-0.4, -0.2) is 46.4 Å². The molecule has 9 heteroatoms. The smallest absolute Gasteiger partial charge is 0.288 e. The molecule has 0 spiro atoms. The monoisotopic (exact) mass is 474 g/mol. The molecule has 0 aliphatic carbocycles. The fourth-order valence-electron chi connectivity index (χ4n) is 3.74. The summed E-state index contributed by atoms with van der Waals surface area (Å²) >= 11 is 0. The zero-order valence-corrected chi connectivity index (χ0v) is 19.7. The maximum Gasteiger partial charge on any atom is 0.288 e. The number of para-hydroxylation sites is 1. The van der Waals surface area contributed by atoms with E-state index in [1.807, 2.05) is 37.3 Å². The first kappa shape index (κ1) is 25.2. The minimum atomic E-state index is -0.466. The average molecular weight is 475 g/mol. The number of nitrogens with two attached hydrogens (primary N) is 1. The van der Waals surface area contributed by atoms with Gasteiger partial charge in [-0.15, -0.1) is 6.58 Å². The molecule has 1 fully saturated rings. The molecule has 35 heavy (non-hydrogen) atoms. The van der Waals surface area contributed by atoms with Crippen LogP contribution >= 0.6 is 0 Å². The Hall–Kier alpha value is -4.40. The van der Waals surface area contributed by atoms with Crippen molar-refractivity contribution < 1.29 is 9.53 Å². The number of nitrogens with zero attached hydrogens (tertiary/aromatic N) is 2. The Morgan fingerprint density at radius 1 is 1.23 bits per heavy atom. The van der Waals surface area contributed by atoms with E-state index in [1.165, 1.54) is 0 Å². The highest BCUT2D eigenvalue weighted by Crippen LogP contribution is 2.25. The summed E-state index contributed by atoms with van der Waals surface area (Å²) in [6, 6.07) is 16.3. The van der Waals surface area contributed by atoms with Gasteiger partial charge in [0.2, 0.25) is 6.41 Å². The van der Waals surface area contributed by atoms with Crippen LogP contribution in [0.1, 0.15) is 30.9 Å². The number of piperidine rings is 1. The van der Waals surface area contributed by atoms with Crippen molar-refractivity contribution in [3.05, 3.63) is 88.7 Å². The minimum Gasteiger partial charge on any atom is -0.457 e. The van der Waals surface area contributed by atoms with Gasteiger partial charge in [0.05, 0.1) is 11.3 Å². The van der Waals surface area contributed by atoms with E-state index in [0.29, 0.717) is 30.2 Å². The highest BCUT2D eigenvalue weighted by Gasteiger charge is 2.24. The normalized spacial score (nSPS) is 14.8. The summed E-state index contributed by atoms with van der Waals surface area (Å²) in [5.74, 6) is 1.38. The Labute approximate surface area is 204 Å². The summed E-state index contributed by atoms with van der Waals surface area (Å²) < 4.78 is 5.80. The van der Waals surface area contributed by atoms with Crippen molar-refractivity contribution in [1.29, 1.82) is 5.41 Å². The Kier molecular flexibility index (Phi) is 8.77. The molecule has 1 aliphatic rings. The van der Waals surface area contributed by atoms with E-state index in [0.717, 1.165) is 19.3 Å². The number of carbonyl (C=O) groups is 1. The molecule has 5 N–H and O–H groups in total. The third kappa shape index (κ3) is 6.57. The number of aromatic nitrogens is 2. The second-order valence-electron chi connectivity index (χ2n) is 7.99. The highest BCUT2D eigenvalue weighted by atomic mass is 16.5. The maximum absolute atomic E-state index is 12.6. The number of ether oxygens (including phenoxy) is 1. The van der Waals surface area contributed by atoms with E-state index in [-0.39, 0.29) is 28.8 Å². The summed E-state index contributed by atoms with van der Waals surface area (Å²) in [6.45, 7) is 6.42. The number of rotatable bonds is 7. The fraction of sp³-hybridized carbons (Fsp3) is 0.231. The highest BCUT2D eigenvalue weighted by molar-refractivity contribution is 6.16. The van der Waals surface area contributed by atoms with Crippen molar-refractivity contribution >= 4 is 23.6 Å². The van der Waals surface area contributed by atoms with E-state index in [4.69, 9.17) is 15.9 Å². The number of hydrogen-bond donors (Lipinski definition) is 4. The molecule has 2 heterocycles. The Balaban J connectivity index is 0.00000108. The van der Waals surface area contributed by atoms with Gasteiger partial charge in [-0.3, -0.25) is 15.0 Å². The molecule has 9 nitrogen and oxygen atoms in total. The molecular weight excluding hydrogens is 444 g/mol. The number of amides is 1. The van der Waals surface area contributed by atoms with E-state index in [2.05, 4.69) is 22.1 Å². The standard InChI is InChI=1S/C23H24N6O3.C3H6/c24-20(15-8-10-18(11-9-15)32-17-6-2-1-3-7-17)19-21(23(31)28-27-22(19)25)26-16-5-4-12-29(13-16)14-30;1-3-2/h1-3,6-11,14,16,24H,4-5,12-13H2,(H,28,31)(H3,25,26,27);3H,1H2,2H3. The topological polar surface area (TPSA) is 137 Å². The molecule has 1 aliphatic heterocycles. The van der Waals surface area contributed by atoms with Crippen molar-refractivity contribution in [1.82, 2.24) is 15.1 Å². The van der Waals surface area contributed by atoms with Crippen molar-refractivity contribution in [2.24, 2.45) is 0 Å². The summed E-state index contributed by atoms with van der Waals surface area (Å²) in [4.78, 5) is 25.4. The quantitative estimate of drug-likeness (QED) is 0.234. The second-order valence-corrected chi connectivity index (χ2v) is 7.99. The molecule has 3 aromatic rings. The Bertz CT molecular complexity index is 1210. The lowest BCUT2D eigenvalue weighted by Gasteiger charge is -2.31. The van der Waals surface area contributed by atoms with Crippen LogP contribution in [0.5, 0.6) is 11.5 Å². The molecule has 0 saturated carbocycles. The molecule has 1 atom stereocenters. The Morgan fingerprint density at radius 2 is 1.89 bits per heavy atom. The largest absolute Gasteiger partial charge is 0.457 e. The van der Waals surface area contributed by atoms with E-state index < -0.39 is 5.56 Å². The molecule has 4 rings (SSSR count). The van der Waals surface area contributed by atoms with Crippen LogP contribution in [0.4, 0.5) is 11.5 Å². The third-order valence-electron chi connectivity index (χ3n) is 5.33. The number of nitrogens with one attached hydrogen (secondary N) is 3. The number of aromatic amines is 1. The van der Waals surface area contributed by atoms with E-state index in [1.54, 1.807) is 35.2 Å². The molecular formula is C26H30N6O3. The predicted molar refractivity (Wildman–Crippen MR) is 138 cm³/mol. The summed E-state index contributed by atoms with van der Waals surface area (Å²) in [6.07, 6.45) is 4.18. The van der Waals surface area contributed by atoms with Crippen molar-refractivity contribution in [2.75, 3.05) is 24.1 Å². The third-order valence-corrected chi connectivity index (χ3v) is 5.33. The van der Waals surface area contributed by atoms with Gasteiger partial charge in [-0.05, 0) is 56.2 Å². The first-order valence-corrected chi connectivity index (χ1v) is 11.3. The molecule has 1 amide bonds. The molecule has 182 valence electrons. The van der Waals surface area contributed by atoms with Gasteiger partial charge < -0.3 is 20.7 Å². The van der Waals surface area contributed by atoms with Gasteiger partial charge in [-0.1, -0.05) is 24.3 Å². The van der Waals surface area contributed by atoms with Gasteiger partial charge in [-0.25, -0.2) is 5.10 Å². The van der Waals surface area contributed by atoms with E-state index >= 15 is 0 Å². The number of likely N-dealkylation sites (tertiary alicyclic amines) is 1. The Morgan fingerprint density at radius 3 is 2.54 bits per heavy atom. The predicted octanol–water partition coefficient (Wildman–Crippen LogP) is 3.79. The van der Waals surface area contributed by atoms with Crippen molar-refractivity contribution in [3.8, 4) is 11.5 Å². The fourth-order valence-corrected chi connectivity index (χ4v) is 3.74. The maximum atomic E-state index is 12.6. The van der Waals surface area contributed by atoms with Gasteiger partial charge in [0, 0.05) is 24.7 Å². The molecule has 1 unspecified atom stereocenters. The van der Waals surface area contributed by atoms with Crippen LogP contribution in [0.25, 0.3) is 0 Å². The molecule has 1 aromatic heterocycles. The molecule has 0 radical (unpaired) electrons. The number of hydrogen-bond acceptors (Lipinski definition) is 7. The van der Waals surface area contributed by atoms with E-state index in [9.17, 15) is 9.59 Å². The summed E-state index contributed by atoms with van der Waals surface area (Å²) in [5.41, 5.74) is 6.64. The lowest BCUT2D eigenvalue weighted by atomic mass is 10.0. The summed E-state index contributed by atoms with van der Waals surface area (Å²) in [7, 11) is 0. The molecule has 0 bridgehead atoms. The van der Waals surface area contributed by atoms with Crippen LogP contribution in [0.15, 0.2) is 72.0 Å². The average Bonchev–Trinajstić information content (AvgIpc) is 2.88. The van der Waals surface area contributed by atoms with Gasteiger partial charge >= 0.3 is 0 Å². The van der Waals surface area contributed by atoms with Crippen LogP contribution < -0.4 is 21.3 Å². The molecule has 1 saturated heterocycles. The number of H-pyrrole nitrogens is 1. The zero-order valence-electron chi connectivity index (χ0n) is 19.7. The van der Waals surface area contributed by atoms with Crippen molar-refractivity contribution in [2.45, 2.75) is 25.8 Å². The minimum absolute atomic E-state index is 0.0461. The van der Waals surface area contributed by atoms with Gasteiger partial charge in [0.25, 0.3) is 5.56 Å². The number of benzene rings is 2. The summed E-state index contributed by atoms with van der Waals surface area (Å²) in [5, 5.41) is 18.1. The van der Waals surface area contributed by atoms with Crippen molar-refractivity contribution in [3.63, 3.8) is 0 Å². The SMILES string of the molecule is C=CC.N=C(c1ccc(Oc2ccccc2)cc1)c1c(N)n[nH]c(=O)c1NC1CCCN(C=O)C1. The first-order valence-electron chi connectivity index (χ1n) is 11.3. The second kappa shape index (κ2) is 12.2. The van der Waals surface area contributed by atoms with Crippen LogP contribution in [-0.2, 0) is 4.79 Å². The number of allylic oxidation sites excluding steroid dienone is 1. The first-order chi connectivity index (χ1) is 17.0. The van der Waals surface area contributed by atoms with Crippen LogP contribution in [0, 0.1) is 5.41 Å². The number of nitrogen functional groups attached to an aromatic ring is 1. The number of carbonyl (C=O) groups excluding carboxylic acids is 1. The van der Waals surface area contributed by atoms with Crippen LogP contribution in [0.3, 0.4) is 0 Å². The van der Waals surface area contributed by atoms with Crippen LogP contribution in [0.2, 0.25) is 0 Å². The molecule has 2 aromatic carbocycles. The van der Waals surface area contributed by atoms with Gasteiger partial charge in [0.15, 0.2) is 5.82 Å². The van der Waals surface area contributed by atoms with Gasteiger partial charge in [0.1, 0.15) is 17.2 Å². The zero-order chi connectivity index (χ0) is 25.2. The number of anilines is 2. The lowest BCUT2D eigenvalue weighted by Crippen LogP contribution is -2.42.